The van der Waals surface area contributed by atoms with Crippen molar-refractivity contribution in [3.63, 3.8) is 0 Å². The molecule has 0 saturated heterocycles. The number of benzene rings is 2. The summed E-state index contributed by atoms with van der Waals surface area (Å²) in [5, 5.41) is 10.6. The van der Waals surface area contributed by atoms with Gasteiger partial charge in [0.15, 0.2) is 0 Å². The van der Waals surface area contributed by atoms with Crippen molar-refractivity contribution in [2.24, 2.45) is 0 Å². The topological polar surface area (TPSA) is 64.3 Å². The van der Waals surface area contributed by atoms with Gasteiger partial charge in [-0.3, -0.25) is 0 Å². The number of terminal acetylenes is 1. The predicted octanol–water partition coefficient (Wildman–Crippen LogP) is 4.72. The fraction of sp³-hybridized carbons (Fsp3) is 0.0833. The van der Waals surface area contributed by atoms with Crippen LogP contribution >= 0.6 is 0 Å². The summed E-state index contributed by atoms with van der Waals surface area (Å²) in [7, 11) is 1.43. The molecular weight excluding hydrogens is 402 g/mol. The molecule has 0 aliphatic rings. The van der Waals surface area contributed by atoms with Gasteiger partial charge < -0.3 is 14.4 Å². The molecule has 154 valence electrons. The average Bonchev–Trinajstić information content (AvgIpc) is 3.09. The molecule has 2 heterocycles. The quantitative estimate of drug-likeness (QED) is 0.477. The molecular formula is C24H16F2N2O3. The molecule has 2 aromatic heterocycles. The van der Waals surface area contributed by atoms with E-state index < -0.39 is 17.6 Å². The van der Waals surface area contributed by atoms with Gasteiger partial charge in [-0.05, 0) is 48.5 Å². The Hall–Kier alpha value is -4.18. The molecule has 4 rings (SSSR count). The normalized spacial score (nSPS) is 10.8. The minimum absolute atomic E-state index is 0.0186. The van der Waals surface area contributed by atoms with Crippen molar-refractivity contribution < 1.29 is 23.4 Å². The van der Waals surface area contributed by atoms with Gasteiger partial charge in [0.05, 0.1) is 13.7 Å². The van der Waals surface area contributed by atoms with Crippen LogP contribution in [-0.2, 0) is 6.54 Å². The number of carbonyl (C=O) groups is 1. The van der Waals surface area contributed by atoms with Crippen molar-refractivity contribution in [1.82, 2.24) is 9.55 Å². The fourth-order valence-electron chi connectivity index (χ4n) is 3.68. The molecule has 2 aromatic carbocycles. The van der Waals surface area contributed by atoms with E-state index in [1.54, 1.807) is 30.3 Å². The lowest BCUT2D eigenvalue weighted by Crippen LogP contribution is -2.12. The number of nitrogens with zero attached hydrogens (tertiary/aromatic N) is 2. The van der Waals surface area contributed by atoms with E-state index >= 15 is 0 Å². The van der Waals surface area contributed by atoms with E-state index in [2.05, 4.69) is 10.9 Å². The number of ether oxygens (including phenoxy) is 1. The molecule has 0 fully saturated rings. The van der Waals surface area contributed by atoms with Gasteiger partial charge in [0.25, 0.3) is 0 Å². The van der Waals surface area contributed by atoms with Gasteiger partial charge in [-0.1, -0.05) is 5.92 Å². The maximum atomic E-state index is 14.4. The Labute approximate surface area is 176 Å². The largest absolute Gasteiger partial charge is 0.481 e. The molecule has 31 heavy (non-hydrogen) atoms. The summed E-state index contributed by atoms with van der Waals surface area (Å²) in [5.41, 5.74) is 1.73. The first kappa shape index (κ1) is 20.1. The Kier molecular flexibility index (Phi) is 5.14. The van der Waals surface area contributed by atoms with Crippen molar-refractivity contribution in [2.75, 3.05) is 7.11 Å². The number of pyridine rings is 1. The Morgan fingerprint density at radius 1 is 1.23 bits per heavy atom. The smallest absolute Gasteiger partial charge is 0.353 e. The van der Waals surface area contributed by atoms with Crippen LogP contribution in [0, 0.1) is 24.0 Å². The number of carboxylic acid groups (broad SMARTS) is 1. The van der Waals surface area contributed by atoms with E-state index in [4.69, 9.17) is 11.2 Å². The van der Waals surface area contributed by atoms with Crippen molar-refractivity contribution in [3.05, 3.63) is 83.2 Å². The van der Waals surface area contributed by atoms with E-state index in [0.717, 1.165) is 18.2 Å². The van der Waals surface area contributed by atoms with Gasteiger partial charge in [-0.15, -0.1) is 6.42 Å². The van der Waals surface area contributed by atoms with Crippen LogP contribution in [0.15, 0.2) is 54.7 Å². The predicted molar refractivity (Wildman–Crippen MR) is 112 cm³/mol. The molecule has 0 saturated carbocycles. The van der Waals surface area contributed by atoms with Crippen LogP contribution in [0.25, 0.3) is 22.0 Å². The number of hydrogen-bond donors (Lipinski definition) is 1. The third kappa shape index (κ3) is 3.49. The molecule has 0 radical (unpaired) electrons. The Balaban J connectivity index is 2.09. The number of rotatable bonds is 5. The summed E-state index contributed by atoms with van der Waals surface area (Å²) in [6, 6.07) is 11.4. The zero-order chi connectivity index (χ0) is 22.1. The van der Waals surface area contributed by atoms with Crippen LogP contribution in [0.2, 0.25) is 0 Å². The Morgan fingerprint density at radius 3 is 2.74 bits per heavy atom. The number of hydrogen-bond acceptors (Lipinski definition) is 3. The fourth-order valence-corrected chi connectivity index (χ4v) is 3.68. The average molecular weight is 418 g/mol. The number of methoxy groups -OCH3 is 1. The van der Waals surface area contributed by atoms with E-state index in [9.17, 15) is 18.7 Å². The van der Waals surface area contributed by atoms with E-state index in [1.165, 1.54) is 17.9 Å². The molecule has 5 nitrogen and oxygen atoms in total. The lowest BCUT2D eigenvalue weighted by Gasteiger charge is -2.11. The highest BCUT2D eigenvalue weighted by Crippen LogP contribution is 2.39. The molecule has 0 aliphatic heterocycles. The minimum Gasteiger partial charge on any atom is -0.481 e. The monoisotopic (exact) mass is 418 g/mol. The van der Waals surface area contributed by atoms with Gasteiger partial charge in [0.2, 0.25) is 5.88 Å². The minimum atomic E-state index is -1.24. The molecule has 7 heteroatoms. The first-order chi connectivity index (χ1) is 14.9. The molecule has 0 bridgehead atoms. The van der Waals surface area contributed by atoms with Crippen LogP contribution in [-0.4, -0.2) is 27.7 Å². The lowest BCUT2D eigenvalue weighted by molar-refractivity contribution is 0.0687. The molecule has 4 aromatic rings. The van der Waals surface area contributed by atoms with Gasteiger partial charge in [0, 0.05) is 39.4 Å². The summed E-state index contributed by atoms with van der Waals surface area (Å²) in [6.07, 6.45) is 7.07. The second-order valence-corrected chi connectivity index (χ2v) is 6.79. The molecule has 0 amide bonds. The van der Waals surface area contributed by atoms with Crippen LogP contribution in [0.1, 0.15) is 21.6 Å². The zero-order valence-electron chi connectivity index (χ0n) is 16.4. The number of fused-ring (bicyclic) bond motifs is 1. The summed E-state index contributed by atoms with van der Waals surface area (Å²) >= 11 is 0. The first-order valence-corrected chi connectivity index (χ1v) is 9.24. The maximum absolute atomic E-state index is 14.4. The SMILES string of the molecule is C#Cc1ccc2c(c1)c(-c1cccnc1OC)c(C(=O)O)n2Cc1cc(F)ccc1F. The van der Waals surface area contributed by atoms with Crippen LogP contribution < -0.4 is 4.74 Å². The zero-order valence-corrected chi connectivity index (χ0v) is 16.4. The highest BCUT2D eigenvalue weighted by atomic mass is 19.1. The maximum Gasteiger partial charge on any atom is 0.353 e. The van der Waals surface area contributed by atoms with Gasteiger partial charge in [-0.2, -0.15) is 0 Å². The van der Waals surface area contributed by atoms with Crippen molar-refractivity contribution in [1.29, 1.82) is 0 Å². The molecule has 0 unspecified atom stereocenters. The molecule has 1 N–H and O–H groups in total. The third-order valence-corrected chi connectivity index (χ3v) is 5.00. The molecule has 0 spiro atoms. The summed E-state index contributed by atoms with van der Waals surface area (Å²) in [4.78, 5) is 16.6. The van der Waals surface area contributed by atoms with Crippen LogP contribution in [0.4, 0.5) is 8.78 Å². The second-order valence-electron chi connectivity index (χ2n) is 6.79. The summed E-state index contributed by atoms with van der Waals surface area (Å²) < 4.78 is 34.9. The Bertz CT molecular complexity index is 1370. The number of aromatic carboxylic acids is 1. The highest BCUT2D eigenvalue weighted by molar-refractivity contribution is 6.09. The van der Waals surface area contributed by atoms with Gasteiger partial charge >= 0.3 is 5.97 Å². The number of aromatic nitrogens is 2. The second kappa shape index (κ2) is 7.92. The van der Waals surface area contributed by atoms with Crippen LogP contribution in [0.3, 0.4) is 0 Å². The first-order valence-electron chi connectivity index (χ1n) is 9.24. The van der Waals surface area contributed by atoms with Crippen molar-refractivity contribution in [3.8, 4) is 29.4 Å². The number of halogens is 2. The van der Waals surface area contributed by atoms with E-state index in [1.807, 2.05) is 0 Å². The highest BCUT2D eigenvalue weighted by Gasteiger charge is 2.26. The summed E-state index contributed by atoms with van der Waals surface area (Å²) in [5.74, 6) is 0.271. The molecule has 0 aliphatic carbocycles. The van der Waals surface area contributed by atoms with E-state index in [0.29, 0.717) is 27.6 Å². The Morgan fingerprint density at radius 2 is 2.03 bits per heavy atom. The standard InChI is InChI=1S/C24H16F2N2O3/c1-3-14-6-9-20-18(11-14)21(17-5-4-10-27-23(17)31-2)22(24(29)30)28(20)13-15-12-16(25)7-8-19(15)26/h1,4-12H,13H2,2H3,(H,29,30). The number of carboxylic acids is 1. The lowest BCUT2D eigenvalue weighted by atomic mass is 10.0. The van der Waals surface area contributed by atoms with Crippen molar-refractivity contribution in [2.45, 2.75) is 6.54 Å². The van der Waals surface area contributed by atoms with Crippen molar-refractivity contribution >= 4 is 16.9 Å². The summed E-state index contributed by atoms with van der Waals surface area (Å²) in [6.45, 7) is -0.195. The van der Waals surface area contributed by atoms with E-state index in [-0.39, 0.29) is 23.7 Å². The molecule has 0 atom stereocenters. The van der Waals surface area contributed by atoms with Gasteiger partial charge in [0.1, 0.15) is 17.3 Å². The van der Waals surface area contributed by atoms with Gasteiger partial charge in [-0.25, -0.2) is 18.6 Å². The van der Waals surface area contributed by atoms with Crippen LogP contribution in [0.5, 0.6) is 5.88 Å². The third-order valence-electron chi connectivity index (χ3n) is 5.00.